The maximum atomic E-state index is 11.5. The Bertz CT molecular complexity index is 666. The second kappa shape index (κ2) is 7.44. The van der Waals surface area contributed by atoms with Crippen molar-refractivity contribution in [2.24, 2.45) is 17.8 Å². The SMILES string of the molecule is COc1cc(C(C)=O)ccc1OC[C@@H](O)C[NH2+]C12CC3CC(CC(C3)C1)C2. The van der Waals surface area contributed by atoms with Gasteiger partial charge < -0.3 is 19.9 Å². The molecule has 0 amide bonds. The molecule has 1 atom stereocenters. The Morgan fingerprint density at radius 3 is 2.37 bits per heavy atom. The van der Waals surface area contributed by atoms with Crippen molar-refractivity contribution in [1.82, 2.24) is 0 Å². The van der Waals surface area contributed by atoms with Crippen LogP contribution in [0.4, 0.5) is 0 Å². The van der Waals surface area contributed by atoms with Crippen molar-refractivity contribution < 1.29 is 24.7 Å². The van der Waals surface area contributed by atoms with E-state index in [1.807, 2.05) is 0 Å². The minimum atomic E-state index is -0.518. The number of aliphatic hydroxyl groups excluding tert-OH is 1. The van der Waals surface area contributed by atoms with E-state index in [0.29, 0.717) is 29.1 Å². The fourth-order valence-corrected chi connectivity index (χ4v) is 6.07. The average molecular weight is 375 g/mol. The molecule has 148 valence electrons. The van der Waals surface area contributed by atoms with E-state index in [0.717, 1.165) is 17.8 Å². The lowest BCUT2D eigenvalue weighted by Gasteiger charge is -2.54. The Labute approximate surface area is 161 Å². The quantitative estimate of drug-likeness (QED) is 0.684. The first-order valence-corrected chi connectivity index (χ1v) is 10.3. The lowest BCUT2D eigenvalue weighted by Crippen LogP contribution is -3.00. The Kier molecular flexibility index (Phi) is 5.17. The molecule has 4 aliphatic carbocycles. The zero-order valence-corrected chi connectivity index (χ0v) is 16.4. The van der Waals surface area contributed by atoms with Gasteiger partial charge in [0.2, 0.25) is 0 Å². The molecular formula is C22H32NO4+. The van der Waals surface area contributed by atoms with Crippen LogP contribution in [0.2, 0.25) is 0 Å². The largest absolute Gasteiger partial charge is 0.493 e. The normalized spacial score (nSPS) is 32.3. The highest BCUT2D eigenvalue weighted by Crippen LogP contribution is 2.54. The summed E-state index contributed by atoms with van der Waals surface area (Å²) in [6.07, 6.45) is 7.78. The van der Waals surface area contributed by atoms with Crippen molar-refractivity contribution in [2.45, 2.75) is 57.1 Å². The van der Waals surface area contributed by atoms with Crippen molar-refractivity contribution in [3.05, 3.63) is 23.8 Å². The number of nitrogens with two attached hydrogens (primary N) is 1. The minimum absolute atomic E-state index is 0.00921. The van der Waals surface area contributed by atoms with Gasteiger partial charge in [0.15, 0.2) is 17.3 Å². The summed E-state index contributed by atoms with van der Waals surface area (Å²) in [5, 5.41) is 12.9. The number of ketones is 1. The third-order valence-electron chi connectivity index (χ3n) is 6.91. The van der Waals surface area contributed by atoms with Gasteiger partial charge in [-0.1, -0.05) is 0 Å². The third kappa shape index (κ3) is 3.99. The second-order valence-electron chi connectivity index (χ2n) is 9.11. The summed E-state index contributed by atoms with van der Waals surface area (Å²) in [6.45, 7) is 2.44. The smallest absolute Gasteiger partial charge is 0.161 e. The van der Waals surface area contributed by atoms with Gasteiger partial charge in [-0.15, -0.1) is 0 Å². The summed E-state index contributed by atoms with van der Waals surface area (Å²) in [4.78, 5) is 11.5. The second-order valence-corrected chi connectivity index (χ2v) is 9.11. The summed E-state index contributed by atoms with van der Waals surface area (Å²) in [7, 11) is 1.56. The molecule has 0 aromatic heterocycles. The molecule has 4 fully saturated rings. The van der Waals surface area contributed by atoms with Crippen molar-refractivity contribution in [3.8, 4) is 11.5 Å². The Balaban J connectivity index is 1.30. The fourth-order valence-electron chi connectivity index (χ4n) is 6.07. The number of benzene rings is 1. The van der Waals surface area contributed by atoms with Crippen LogP contribution >= 0.6 is 0 Å². The molecule has 5 heteroatoms. The number of methoxy groups -OCH3 is 1. The highest BCUT2D eigenvalue weighted by molar-refractivity contribution is 5.94. The molecule has 5 rings (SSSR count). The molecule has 1 aromatic rings. The summed E-state index contributed by atoms with van der Waals surface area (Å²) in [6, 6.07) is 5.16. The third-order valence-corrected chi connectivity index (χ3v) is 6.91. The first-order valence-electron chi connectivity index (χ1n) is 10.3. The van der Waals surface area contributed by atoms with E-state index in [1.54, 1.807) is 25.3 Å². The van der Waals surface area contributed by atoms with Crippen LogP contribution in [0.15, 0.2) is 18.2 Å². The van der Waals surface area contributed by atoms with Gasteiger partial charge in [-0.3, -0.25) is 4.79 Å². The number of carbonyl (C=O) groups is 1. The molecule has 0 heterocycles. The molecule has 1 aromatic carbocycles. The molecule has 0 radical (unpaired) electrons. The van der Waals surface area contributed by atoms with Crippen molar-refractivity contribution in [3.63, 3.8) is 0 Å². The number of hydrogen-bond acceptors (Lipinski definition) is 4. The molecule has 4 saturated carbocycles. The van der Waals surface area contributed by atoms with Crippen LogP contribution in [0.25, 0.3) is 0 Å². The van der Waals surface area contributed by atoms with E-state index < -0.39 is 6.10 Å². The van der Waals surface area contributed by atoms with Gasteiger partial charge in [-0.2, -0.15) is 0 Å². The first kappa shape index (κ1) is 18.8. The highest BCUT2D eigenvalue weighted by Gasteiger charge is 2.53. The molecule has 0 aliphatic heterocycles. The number of carbonyl (C=O) groups excluding carboxylic acids is 1. The molecule has 3 N–H and O–H groups in total. The molecule has 5 nitrogen and oxygen atoms in total. The Morgan fingerprint density at radius 1 is 1.19 bits per heavy atom. The van der Waals surface area contributed by atoms with E-state index in [-0.39, 0.29) is 12.4 Å². The maximum absolute atomic E-state index is 11.5. The molecule has 27 heavy (non-hydrogen) atoms. The van der Waals surface area contributed by atoms with E-state index in [2.05, 4.69) is 5.32 Å². The zero-order chi connectivity index (χ0) is 19.0. The average Bonchev–Trinajstić information content (AvgIpc) is 2.63. The molecule has 0 spiro atoms. The predicted molar refractivity (Wildman–Crippen MR) is 102 cm³/mol. The standard InChI is InChI=1S/C22H31NO4/c1-14(24)18-3-4-20(21(8-18)26-2)27-13-19(25)12-23-22-9-15-5-16(10-22)7-17(6-15)11-22/h3-4,8,15-17,19,23,25H,5-7,9-13H2,1-2H3/p+1/t15?,16?,17?,19-,22?/m0/s1. The molecule has 4 bridgehead atoms. The Morgan fingerprint density at radius 2 is 1.81 bits per heavy atom. The number of aliphatic hydroxyl groups is 1. The van der Waals surface area contributed by atoms with Crippen LogP contribution in [-0.2, 0) is 0 Å². The lowest BCUT2D eigenvalue weighted by atomic mass is 9.53. The van der Waals surface area contributed by atoms with E-state index >= 15 is 0 Å². The minimum Gasteiger partial charge on any atom is -0.493 e. The lowest BCUT2D eigenvalue weighted by molar-refractivity contribution is -0.743. The van der Waals surface area contributed by atoms with Crippen molar-refractivity contribution >= 4 is 5.78 Å². The van der Waals surface area contributed by atoms with Crippen LogP contribution in [0, 0.1) is 17.8 Å². The molecular weight excluding hydrogens is 342 g/mol. The Hall–Kier alpha value is -1.59. The van der Waals surface area contributed by atoms with Gasteiger partial charge in [0.1, 0.15) is 19.3 Å². The number of hydrogen-bond donors (Lipinski definition) is 2. The number of quaternary nitrogens is 1. The first-order chi connectivity index (χ1) is 13.0. The maximum Gasteiger partial charge on any atom is 0.161 e. The van der Waals surface area contributed by atoms with Gasteiger partial charge in [-0.05, 0) is 62.1 Å². The van der Waals surface area contributed by atoms with E-state index in [9.17, 15) is 9.90 Å². The van der Waals surface area contributed by atoms with E-state index in [1.165, 1.54) is 45.4 Å². The zero-order valence-electron chi connectivity index (χ0n) is 16.4. The van der Waals surface area contributed by atoms with Gasteiger partial charge in [0.05, 0.1) is 12.6 Å². The highest BCUT2D eigenvalue weighted by atomic mass is 16.5. The van der Waals surface area contributed by atoms with Crippen molar-refractivity contribution in [1.29, 1.82) is 0 Å². The summed E-state index contributed by atoms with van der Waals surface area (Å²) in [5.41, 5.74) is 0.964. The number of ether oxygens (including phenoxy) is 2. The van der Waals surface area contributed by atoms with Crippen molar-refractivity contribution in [2.75, 3.05) is 20.3 Å². The van der Waals surface area contributed by atoms with Gasteiger partial charge in [0, 0.05) is 24.8 Å². The van der Waals surface area contributed by atoms with Gasteiger partial charge in [0.25, 0.3) is 0 Å². The summed E-state index contributed by atoms with van der Waals surface area (Å²) in [5.74, 6) is 3.85. The molecule has 0 unspecified atom stereocenters. The molecule has 0 saturated heterocycles. The molecule has 4 aliphatic rings. The monoisotopic (exact) mass is 374 g/mol. The fraction of sp³-hybridized carbons (Fsp3) is 0.682. The van der Waals surface area contributed by atoms with Crippen LogP contribution in [0.5, 0.6) is 11.5 Å². The van der Waals surface area contributed by atoms with Crippen LogP contribution in [0.3, 0.4) is 0 Å². The summed E-state index contributed by atoms with van der Waals surface area (Å²) < 4.78 is 11.1. The van der Waals surface area contributed by atoms with E-state index in [4.69, 9.17) is 9.47 Å². The van der Waals surface area contributed by atoms with Gasteiger partial charge in [-0.25, -0.2) is 0 Å². The van der Waals surface area contributed by atoms with Crippen LogP contribution in [-0.4, -0.2) is 42.8 Å². The van der Waals surface area contributed by atoms with Gasteiger partial charge >= 0.3 is 0 Å². The number of Topliss-reactive ketones (excluding diaryl/α,β-unsaturated/α-hetero) is 1. The number of rotatable bonds is 8. The summed E-state index contributed by atoms with van der Waals surface area (Å²) >= 11 is 0. The topological polar surface area (TPSA) is 72.4 Å². The predicted octanol–water partition coefficient (Wildman–Crippen LogP) is 2.17. The van der Waals surface area contributed by atoms with Crippen LogP contribution < -0.4 is 14.8 Å². The van der Waals surface area contributed by atoms with Crippen LogP contribution in [0.1, 0.15) is 55.8 Å².